The zero-order chi connectivity index (χ0) is 11.5. The first-order valence-corrected chi connectivity index (χ1v) is 6.15. The summed E-state index contributed by atoms with van der Waals surface area (Å²) in [6.07, 6.45) is 1.36. The lowest BCUT2D eigenvalue weighted by molar-refractivity contribution is -0.00992. The molecule has 0 amide bonds. The van der Waals surface area contributed by atoms with Crippen LogP contribution in [0.2, 0.25) is 10.0 Å². The van der Waals surface area contributed by atoms with Crippen LogP contribution in [0.5, 0.6) is 0 Å². The Balaban J connectivity index is 2.19. The van der Waals surface area contributed by atoms with Crippen molar-refractivity contribution in [1.29, 1.82) is 0 Å². The molecule has 0 aliphatic carbocycles. The van der Waals surface area contributed by atoms with Crippen molar-refractivity contribution in [2.75, 3.05) is 13.2 Å². The molecule has 0 radical (unpaired) electrons. The van der Waals surface area contributed by atoms with Gasteiger partial charge in [0.1, 0.15) is 0 Å². The van der Waals surface area contributed by atoms with Crippen LogP contribution in [0.1, 0.15) is 24.5 Å². The molecule has 2 unspecified atom stereocenters. The van der Waals surface area contributed by atoms with Crippen LogP contribution in [0.25, 0.3) is 0 Å². The minimum absolute atomic E-state index is 0.115. The second-order valence-electron chi connectivity index (χ2n) is 4.07. The number of hydrogen-bond acceptors (Lipinski definition) is 2. The van der Waals surface area contributed by atoms with Crippen molar-refractivity contribution in [2.24, 2.45) is 5.92 Å². The summed E-state index contributed by atoms with van der Waals surface area (Å²) in [5.41, 5.74) is 0.699. The van der Waals surface area contributed by atoms with Gasteiger partial charge in [0.15, 0.2) is 0 Å². The molecule has 4 heteroatoms. The topological polar surface area (TPSA) is 29.5 Å². The van der Waals surface area contributed by atoms with Gasteiger partial charge in [0, 0.05) is 18.1 Å². The smallest absolute Gasteiger partial charge is 0.0855 e. The summed E-state index contributed by atoms with van der Waals surface area (Å²) in [6, 6.07) is 5.33. The van der Waals surface area contributed by atoms with Gasteiger partial charge in [-0.25, -0.2) is 0 Å². The van der Waals surface area contributed by atoms with Crippen LogP contribution in [0.3, 0.4) is 0 Å². The summed E-state index contributed by atoms with van der Waals surface area (Å²) in [5, 5.41) is 11.2. The van der Waals surface area contributed by atoms with Crippen LogP contribution in [-0.2, 0) is 4.74 Å². The first-order valence-electron chi connectivity index (χ1n) is 5.40. The SMILES string of the molecule is OC(c1cccc(Cl)c1Cl)C1CCCOC1. The number of ether oxygens (including phenoxy) is 1. The van der Waals surface area contributed by atoms with Crippen LogP contribution in [0, 0.1) is 5.92 Å². The maximum Gasteiger partial charge on any atom is 0.0855 e. The lowest BCUT2D eigenvalue weighted by atomic mass is 9.91. The number of aliphatic hydroxyl groups is 1. The summed E-state index contributed by atoms with van der Waals surface area (Å²) in [6.45, 7) is 1.37. The minimum atomic E-state index is -0.591. The minimum Gasteiger partial charge on any atom is -0.388 e. The molecule has 1 aliphatic heterocycles. The molecule has 1 aromatic rings. The Morgan fingerprint density at radius 3 is 2.88 bits per heavy atom. The fourth-order valence-corrected chi connectivity index (χ4v) is 2.44. The highest BCUT2D eigenvalue weighted by molar-refractivity contribution is 6.42. The molecule has 0 bridgehead atoms. The first-order chi connectivity index (χ1) is 7.70. The van der Waals surface area contributed by atoms with Crippen molar-refractivity contribution >= 4 is 23.2 Å². The first kappa shape index (κ1) is 12.2. The molecule has 1 aromatic carbocycles. The van der Waals surface area contributed by atoms with Crippen LogP contribution in [-0.4, -0.2) is 18.3 Å². The van der Waals surface area contributed by atoms with E-state index in [0.29, 0.717) is 22.2 Å². The molecular weight excluding hydrogens is 247 g/mol. The van der Waals surface area contributed by atoms with Gasteiger partial charge in [0.05, 0.1) is 22.8 Å². The highest BCUT2D eigenvalue weighted by Gasteiger charge is 2.25. The summed E-state index contributed by atoms with van der Waals surface area (Å²) in [5.74, 6) is 0.115. The molecule has 1 fully saturated rings. The molecule has 16 heavy (non-hydrogen) atoms. The van der Waals surface area contributed by atoms with Gasteiger partial charge in [-0.2, -0.15) is 0 Å². The maximum atomic E-state index is 10.2. The Kier molecular flexibility index (Phi) is 4.09. The van der Waals surface area contributed by atoms with E-state index >= 15 is 0 Å². The largest absolute Gasteiger partial charge is 0.388 e. The van der Waals surface area contributed by atoms with Crippen molar-refractivity contribution in [3.05, 3.63) is 33.8 Å². The standard InChI is InChI=1S/C12H14Cl2O2/c13-10-5-1-4-9(11(10)14)12(15)8-3-2-6-16-7-8/h1,4-5,8,12,15H,2-3,6-7H2. The normalized spacial score (nSPS) is 23.1. The highest BCUT2D eigenvalue weighted by Crippen LogP contribution is 2.35. The molecule has 1 heterocycles. The number of aliphatic hydroxyl groups excluding tert-OH is 1. The van der Waals surface area contributed by atoms with Gasteiger partial charge in [-0.3, -0.25) is 0 Å². The van der Waals surface area contributed by atoms with E-state index in [-0.39, 0.29) is 5.92 Å². The fraction of sp³-hybridized carbons (Fsp3) is 0.500. The molecule has 2 rings (SSSR count). The van der Waals surface area contributed by atoms with Gasteiger partial charge in [-0.1, -0.05) is 35.3 Å². The third kappa shape index (κ3) is 2.51. The third-order valence-electron chi connectivity index (χ3n) is 2.94. The molecular formula is C12H14Cl2O2. The van der Waals surface area contributed by atoms with E-state index < -0.39 is 6.10 Å². The molecule has 88 valence electrons. The number of benzene rings is 1. The number of hydrogen-bond donors (Lipinski definition) is 1. The molecule has 2 atom stereocenters. The Morgan fingerprint density at radius 2 is 2.19 bits per heavy atom. The van der Waals surface area contributed by atoms with Crippen molar-refractivity contribution in [2.45, 2.75) is 18.9 Å². The molecule has 1 aliphatic rings. The molecule has 0 saturated carbocycles. The zero-order valence-electron chi connectivity index (χ0n) is 8.83. The Hall–Kier alpha value is -0.280. The molecule has 2 nitrogen and oxygen atoms in total. The van der Waals surface area contributed by atoms with E-state index in [1.807, 2.05) is 6.07 Å². The second-order valence-corrected chi connectivity index (χ2v) is 4.85. The van der Waals surface area contributed by atoms with Gasteiger partial charge < -0.3 is 9.84 Å². The van der Waals surface area contributed by atoms with E-state index in [1.54, 1.807) is 12.1 Å². The highest BCUT2D eigenvalue weighted by atomic mass is 35.5. The Labute approximate surface area is 105 Å². The lowest BCUT2D eigenvalue weighted by Gasteiger charge is -2.27. The molecule has 0 aromatic heterocycles. The van der Waals surface area contributed by atoms with E-state index in [1.165, 1.54) is 0 Å². The summed E-state index contributed by atoms with van der Waals surface area (Å²) in [7, 11) is 0. The maximum absolute atomic E-state index is 10.2. The number of rotatable bonds is 2. The van der Waals surface area contributed by atoms with Crippen molar-refractivity contribution in [3.8, 4) is 0 Å². The zero-order valence-corrected chi connectivity index (χ0v) is 10.3. The van der Waals surface area contributed by atoms with Crippen LogP contribution >= 0.6 is 23.2 Å². The Bertz CT molecular complexity index is 362. The average molecular weight is 261 g/mol. The average Bonchev–Trinajstić information content (AvgIpc) is 2.33. The van der Waals surface area contributed by atoms with Crippen molar-refractivity contribution < 1.29 is 9.84 Å². The fourth-order valence-electron chi connectivity index (χ4n) is 2.02. The van der Waals surface area contributed by atoms with Gasteiger partial charge >= 0.3 is 0 Å². The van der Waals surface area contributed by atoms with Gasteiger partial charge in [0.2, 0.25) is 0 Å². The predicted octanol–water partition coefficient (Wildman–Crippen LogP) is 3.45. The molecule has 0 spiro atoms. The number of halogens is 2. The third-order valence-corrected chi connectivity index (χ3v) is 3.78. The van der Waals surface area contributed by atoms with E-state index in [9.17, 15) is 5.11 Å². The summed E-state index contributed by atoms with van der Waals surface area (Å²) in [4.78, 5) is 0. The van der Waals surface area contributed by atoms with Crippen LogP contribution in [0.15, 0.2) is 18.2 Å². The van der Waals surface area contributed by atoms with Crippen molar-refractivity contribution in [1.82, 2.24) is 0 Å². The van der Waals surface area contributed by atoms with Crippen LogP contribution < -0.4 is 0 Å². The summed E-state index contributed by atoms with van der Waals surface area (Å²) < 4.78 is 5.36. The van der Waals surface area contributed by atoms with Crippen molar-refractivity contribution in [3.63, 3.8) is 0 Å². The van der Waals surface area contributed by atoms with E-state index in [4.69, 9.17) is 27.9 Å². The predicted molar refractivity (Wildman–Crippen MR) is 65.0 cm³/mol. The van der Waals surface area contributed by atoms with Gasteiger partial charge in [-0.15, -0.1) is 0 Å². The lowest BCUT2D eigenvalue weighted by Crippen LogP contribution is -2.23. The Morgan fingerprint density at radius 1 is 1.38 bits per heavy atom. The van der Waals surface area contributed by atoms with E-state index in [0.717, 1.165) is 19.4 Å². The van der Waals surface area contributed by atoms with Gasteiger partial charge in [-0.05, 0) is 18.9 Å². The monoisotopic (exact) mass is 260 g/mol. The van der Waals surface area contributed by atoms with E-state index in [2.05, 4.69) is 0 Å². The summed E-state index contributed by atoms with van der Waals surface area (Å²) >= 11 is 12.0. The molecule has 1 N–H and O–H groups in total. The quantitative estimate of drug-likeness (QED) is 0.883. The van der Waals surface area contributed by atoms with Gasteiger partial charge in [0.25, 0.3) is 0 Å². The van der Waals surface area contributed by atoms with Crippen LogP contribution in [0.4, 0.5) is 0 Å². The second kappa shape index (κ2) is 5.37. The molecule has 1 saturated heterocycles.